The zero-order chi connectivity index (χ0) is 18.1. The molecule has 1 atom stereocenters. The van der Waals surface area contributed by atoms with E-state index in [1.54, 1.807) is 18.2 Å². The van der Waals surface area contributed by atoms with Gasteiger partial charge in [0.2, 0.25) is 0 Å². The van der Waals surface area contributed by atoms with Gasteiger partial charge in [-0.25, -0.2) is 0 Å². The molecule has 1 fully saturated rings. The molecule has 2 aliphatic rings. The van der Waals surface area contributed by atoms with Gasteiger partial charge in [-0.3, -0.25) is 14.5 Å². The SMILES string of the molecule is CC(C)SC1=C(c2ccc(Cl)cc2Cl)C(=O)N(CC2CCCO2)C1=O. The molecule has 0 saturated carbocycles. The minimum atomic E-state index is -0.312. The third kappa shape index (κ3) is 3.90. The molecule has 1 aromatic rings. The third-order valence-electron chi connectivity index (χ3n) is 4.09. The van der Waals surface area contributed by atoms with E-state index < -0.39 is 0 Å². The summed E-state index contributed by atoms with van der Waals surface area (Å²) in [5.74, 6) is -0.576. The predicted octanol–water partition coefficient (Wildman–Crippen LogP) is 4.39. The summed E-state index contributed by atoms with van der Waals surface area (Å²) in [5, 5.41) is 1.01. The lowest BCUT2D eigenvalue weighted by Gasteiger charge is -2.19. The van der Waals surface area contributed by atoms with Crippen LogP contribution in [-0.4, -0.2) is 41.2 Å². The van der Waals surface area contributed by atoms with Crippen molar-refractivity contribution in [1.29, 1.82) is 0 Å². The summed E-state index contributed by atoms with van der Waals surface area (Å²) < 4.78 is 5.59. The van der Waals surface area contributed by atoms with Gasteiger partial charge in [0.1, 0.15) is 0 Å². The normalized spacial score (nSPS) is 21.2. The molecule has 0 bridgehead atoms. The molecular weight excluding hydrogens is 381 g/mol. The first kappa shape index (κ1) is 18.8. The predicted molar refractivity (Wildman–Crippen MR) is 102 cm³/mol. The highest BCUT2D eigenvalue weighted by Crippen LogP contribution is 2.40. The second kappa shape index (κ2) is 7.70. The van der Waals surface area contributed by atoms with Gasteiger partial charge in [-0.1, -0.05) is 43.1 Å². The van der Waals surface area contributed by atoms with E-state index in [0.29, 0.717) is 32.7 Å². The van der Waals surface area contributed by atoms with Gasteiger partial charge >= 0.3 is 0 Å². The van der Waals surface area contributed by atoms with Crippen molar-refractivity contribution in [3.63, 3.8) is 0 Å². The number of benzene rings is 1. The van der Waals surface area contributed by atoms with Crippen LogP contribution in [0.25, 0.3) is 5.57 Å². The van der Waals surface area contributed by atoms with E-state index in [0.717, 1.165) is 12.8 Å². The Kier molecular flexibility index (Phi) is 5.78. The Hall–Kier alpha value is -1.01. The summed E-state index contributed by atoms with van der Waals surface area (Å²) in [7, 11) is 0. The van der Waals surface area contributed by atoms with Crippen molar-refractivity contribution < 1.29 is 14.3 Å². The van der Waals surface area contributed by atoms with Crippen molar-refractivity contribution in [2.24, 2.45) is 0 Å². The molecule has 0 spiro atoms. The number of carbonyl (C=O) groups excluding carboxylic acids is 2. The second-order valence-electron chi connectivity index (χ2n) is 6.35. The van der Waals surface area contributed by atoms with Gasteiger partial charge in [0.15, 0.2) is 0 Å². The number of imide groups is 1. The minimum Gasteiger partial charge on any atom is -0.376 e. The molecule has 0 radical (unpaired) electrons. The van der Waals surface area contributed by atoms with Crippen LogP contribution in [0.5, 0.6) is 0 Å². The summed E-state index contributed by atoms with van der Waals surface area (Å²) in [4.78, 5) is 27.7. The van der Waals surface area contributed by atoms with Gasteiger partial charge in [-0.2, -0.15) is 0 Å². The van der Waals surface area contributed by atoms with Gasteiger partial charge in [0, 0.05) is 22.4 Å². The van der Waals surface area contributed by atoms with E-state index in [-0.39, 0.29) is 29.7 Å². The Bertz CT molecular complexity index is 742. The molecule has 2 heterocycles. The van der Waals surface area contributed by atoms with Crippen LogP contribution in [0.2, 0.25) is 10.0 Å². The number of hydrogen-bond donors (Lipinski definition) is 0. The van der Waals surface area contributed by atoms with Crippen LogP contribution in [0.4, 0.5) is 0 Å². The maximum Gasteiger partial charge on any atom is 0.268 e. The Morgan fingerprint density at radius 2 is 2.04 bits per heavy atom. The molecule has 0 aliphatic carbocycles. The fourth-order valence-corrected chi connectivity index (χ4v) is 4.49. The largest absolute Gasteiger partial charge is 0.376 e. The van der Waals surface area contributed by atoms with Crippen LogP contribution in [0.1, 0.15) is 32.3 Å². The molecule has 0 aromatic heterocycles. The van der Waals surface area contributed by atoms with Crippen LogP contribution in [0.3, 0.4) is 0 Å². The van der Waals surface area contributed by atoms with Gasteiger partial charge in [-0.05, 0) is 25.0 Å². The Balaban J connectivity index is 1.99. The lowest BCUT2D eigenvalue weighted by Crippen LogP contribution is -2.38. The topological polar surface area (TPSA) is 46.6 Å². The fraction of sp³-hybridized carbons (Fsp3) is 0.444. The highest BCUT2D eigenvalue weighted by molar-refractivity contribution is 8.04. The van der Waals surface area contributed by atoms with E-state index in [9.17, 15) is 9.59 Å². The number of amides is 2. The first-order valence-corrected chi connectivity index (χ1v) is 9.86. The number of nitrogens with zero attached hydrogens (tertiary/aromatic N) is 1. The maximum atomic E-state index is 13.0. The van der Waals surface area contributed by atoms with Crippen LogP contribution >= 0.6 is 35.0 Å². The second-order valence-corrected chi connectivity index (χ2v) is 8.78. The average molecular weight is 400 g/mol. The molecular formula is C18H19Cl2NO3S. The van der Waals surface area contributed by atoms with Crippen LogP contribution in [-0.2, 0) is 14.3 Å². The van der Waals surface area contributed by atoms with Crippen LogP contribution < -0.4 is 0 Å². The van der Waals surface area contributed by atoms with Crippen molar-refractivity contribution in [2.75, 3.05) is 13.2 Å². The highest BCUT2D eigenvalue weighted by atomic mass is 35.5. The van der Waals surface area contributed by atoms with Crippen molar-refractivity contribution in [3.05, 3.63) is 38.7 Å². The quantitative estimate of drug-likeness (QED) is 0.688. The zero-order valence-electron chi connectivity index (χ0n) is 14.1. The molecule has 2 aliphatic heterocycles. The summed E-state index contributed by atoms with van der Waals surface area (Å²) >= 11 is 13.7. The lowest BCUT2D eigenvalue weighted by atomic mass is 10.1. The first-order chi connectivity index (χ1) is 11.9. The number of rotatable bonds is 5. The lowest BCUT2D eigenvalue weighted by molar-refractivity contribution is -0.138. The Morgan fingerprint density at radius 1 is 1.28 bits per heavy atom. The van der Waals surface area contributed by atoms with Gasteiger partial charge < -0.3 is 4.74 Å². The Morgan fingerprint density at radius 3 is 2.64 bits per heavy atom. The molecule has 0 N–H and O–H groups in total. The van der Waals surface area contributed by atoms with Crippen molar-refractivity contribution >= 4 is 52.4 Å². The molecule has 1 aromatic carbocycles. The summed E-state index contributed by atoms with van der Waals surface area (Å²) in [5.41, 5.74) is 0.908. The van der Waals surface area contributed by atoms with Gasteiger partial charge in [-0.15, -0.1) is 11.8 Å². The van der Waals surface area contributed by atoms with Gasteiger partial charge in [0.25, 0.3) is 11.8 Å². The number of hydrogen-bond acceptors (Lipinski definition) is 4. The maximum absolute atomic E-state index is 13.0. The molecule has 1 saturated heterocycles. The third-order valence-corrected chi connectivity index (χ3v) is 5.72. The monoisotopic (exact) mass is 399 g/mol. The van der Waals surface area contributed by atoms with Crippen molar-refractivity contribution in [1.82, 2.24) is 4.90 Å². The van der Waals surface area contributed by atoms with Crippen LogP contribution in [0.15, 0.2) is 23.1 Å². The summed E-state index contributed by atoms with van der Waals surface area (Å²) in [6.45, 7) is 4.94. The van der Waals surface area contributed by atoms with E-state index >= 15 is 0 Å². The molecule has 134 valence electrons. The fourth-order valence-electron chi connectivity index (χ4n) is 2.99. The summed E-state index contributed by atoms with van der Waals surface area (Å²) in [6, 6.07) is 4.96. The summed E-state index contributed by atoms with van der Waals surface area (Å²) in [6.07, 6.45) is 1.73. The van der Waals surface area contributed by atoms with Crippen LogP contribution in [0, 0.1) is 0 Å². The van der Waals surface area contributed by atoms with Crippen molar-refractivity contribution in [2.45, 2.75) is 38.0 Å². The molecule has 3 rings (SSSR count). The van der Waals surface area contributed by atoms with Gasteiger partial charge in [0.05, 0.1) is 28.1 Å². The number of ether oxygens (including phenoxy) is 1. The zero-order valence-corrected chi connectivity index (χ0v) is 16.4. The molecule has 1 unspecified atom stereocenters. The van der Waals surface area contributed by atoms with E-state index in [1.165, 1.54) is 16.7 Å². The highest BCUT2D eigenvalue weighted by Gasteiger charge is 2.41. The Labute approximate surface area is 161 Å². The van der Waals surface area contributed by atoms with E-state index in [2.05, 4.69) is 0 Å². The molecule has 4 nitrogen and oxygen atoms in total. The molecule has 25 heavy (non-hydrogen) atoms. The number of carbonyl (C=O) groups is 2. The minimum absolute atomic E-state index is 0.0850. The smallest absolute Gasteiger partial charge is 0.268 e. The molecule has 2 amide bonds. The standard InChI is InChI=1S/C18H19Cl2NO3S/c1-10(2)25-16-15(13-6-5-11(19)8-14(13)20)17(22)21(18(16)23)9-12-4-3-7-24-12/h5-6,8,10,12H,3-4,7,9H2,1-2H3. The van der Waals surface area contributed by atoms with Crippen molar-refractivity contribution in [3.8, 4) is 0 Å². The number of thioether (sulfide) groups is 1. The van der Waals surface area contributed by atoms with E-state index in [4.69, 9.17) is 27.9 Å². The van der Waals surface area contributed by atoms with E-state index in [1.807, 2.05) is 13.8 Å². The number of halogens is 2. The average Bonchev–Trinajstić information content (AvgIpc) is 3.12. The molecule has 7 heteroatoms. The first-order valence-electron chi connectivity index (χ1n) is 8.22.